The van der Waals surface area contributed by atoms with Gasteiger partial charge in [0.25, 0.3) is 0 Å². The fraction of sp³-hybridized carbons (Fsp3) is 0.273. The first-order valence-electron chi connectivity index (χ1n) is 14.0. The molecular formula is C33H36FN5O3. The number of aromatic nitrogens is 1. The molecule has 1 atom stereocenters. The molecule has 0 saturated heterocycles. The van der Waals surface area contributed by atoms with E-state index in [2.05, 4.69) is 20.5 Å². The third kappa shape index (κ3) is 6.80. The molecule has 8 nitrogen and oxygen atoms in total. The summed E-state index contributed by atoms with van der Waals surface area (Å²) in [7, 11) is 5.21. The molecule has 3 aromatic carbocycles. The minimum Gasteiger partial charge on any atom is -0.493 e. The monoisotopic (exact) mass is 569 g/mol. The number of nitrogens with zero attached hydrogens (tertiary/aromatic N) is 3. The molecule has 2 heterocycles. The Hall–Kier alpha value is -4.63. The third-order valence-corrected chi connectivity index (χ3v) is 7.63. The fourth-order valence-corrected chi connectivity index (χ4v) is 5.38. The second-order valence-electron chi connectivity index (χ2n) is 10.2. The molecule has 0 radical (unpaired) electrons. The van der Waals surface area contributed by atoms with Crippen LogP contribution >= 0.6 is 0 Å². The first-order valence-corrected chi connectivity index (χ1v) is 14.0. The minimum absolute atomic E-state index is 0.0279. The number of fused-ring (bicyclic) bond motifs is 1. The van der Waals surface area contributed by atoms with Gasteiger partial charge in [-0.2, -0.15) is 0 Å². The van der Waals surface area contributed by atoms with Crippen LogP contribution in [0.1, 0.15) is 22.7 Å². The number of halogens is 1. The van der Waals surface area contributed by atoms with Crippen LogP contribution < -0.4 is 25.0 Å². The van der Waals surface area contributed by atoms with Gasteiger partial charge >= 0.3 is 6.03 Å². The van der Waals surface area contributed by atoms with Crippen LogP contribution in [0.4, 0.5) is 26.4 Å². The first-order chi connectivity index (χ1) is 20.4. The molecule has 1 aromatic heterocycles. The molecule has 1 unspecified atom stereocenters. The highest BCUT2D eigenvalue weighted by Crippen LogP contribution is 2.39. The van der Waals surface area contributed by atoms with Crippen LogP contribution in [0.5, 0.6) is 11.5 Å². The van der Waals surface area contributed by atoms with E-state index in [1.165, 1.54) is 17.7 Å². The second kappa shape index (κ2) is 13.4. The average molecular weight is 570 g/mol. The van der Waals surface area contributed by atoms with Crippen LogP contribution in [0.15, 0.2) is 85.1 Å². The van der Waals surface area contributed by atoms with Gasteiger partial charge in [-0.3, -0.25) is 4.90 Å². The molecule has 0 aliphatic carbocycles. The standard InChI is InChI=1S/C33H36FN5O3/c1-38(27-7-5-4-6-8-27)32-21-26(13-15-35-32)37-33(40)36-16-18-39-17-14-24-20-30(41-2)31(42-3)22-28(24)29(39)19-23-9-11-25(34)12-10-23/h4-13,15,20-22,29H,14,16-19H2,1-3H3,(H2,35,36,37,40). The second-order valence-corrected chi connectivity index (χ2v) is 10.2. The average Bonchev–Trinajstić information content (AvgIpc) is 3.02. The van der Waals surface area contributed by atoms with E-state index in [4.69, 9.17) is 9.47 Å². The molecule has 2 N–H and O–H groups in total. The van der Waals surface area contributed by atoms with Gasteiger partial charge in [-0.05, 0) is 72.0 Å². The zero-order valence-electron chi connectivity index (χ0n) is 24.1. The predicted octanol–water partition coefficient (Wildman–Crippen LogP) is 5.97. The summed E-state index contributed by atoms with van der Waals surface area (Å²) in [5, 5.41) is 5.92. The van der Waals surface area contributed by atoms with Gasteiger partial charge in [0.05, 0.1) is 14.2 Å². The number of nitrogens with one attached hydrogen (secondary N) is 2. The highest BCUT2D eigenvalue weighted by molar-refractivity contribution is 5.89. The number of urea groups is 1. The molecule has 0 spiro atoms. The number of hydrogen-bond donors (Lipinski definition) is 2. The summed E-state index contributed by atoms with van der Waals surface area (Å²) in [5.41, 5.74) is 5.05. The Morgan fingerprint density at radius 3 is 2.50 bits per heavy atom. The molecular weight excluding hydrogens is 533 g/mol. The lowest BCUT2D eigenvalue weighted by Crippen LogP contribution is -2.42. The highest BCUT2D eigenvalue weighted by Gasteiger charge is 2.29. The smallest absolute Gasteiger partial charge is 0.319 e. The maximum Gasteiger partial charge on any atom is 0.319 e. The van der Waals surface area contributed by atoms with Crippen molar-refractivity contribution in [3.05, 3.63) is 108 Å². The van der Waals surface area contributed by atoms with Crippen LogP contribution in [0, 0.1) is 5.82 Å². The number of carbonyl (C=O) groups is 1. The van der Waals surface area contributed by atoms with E-state index in [1.807, 2.05) is 72.6 Å². The van der Waals surface area contributed by atoms with Gasteiger partial charge in [-0.25, -0.2) is 14.2 Å². The van der Waals surface area contributed by atoms with Gasteiger partial charge in [-0.1, -0.05) is 30.3 Å². The molecule has 9 heteroatoms. The Bertz CT molecular complexity index is 1500. The van der Waals surface area contributed by atoms with Crippen molar-refractivity contribution in [3.63, 3.8) is 0 Å². The van der Waals surface area contributed by atoms with Crippen molar-refractivity contribution < 1.29 is 18.7 Å². The number of benzene rings is 3. The molecule has 42 heavy (non-hydrogen) atoms. The van der Waals surface area contributed by atoms with Crippen LogP contribution in [0.2, 0.25) is 0 Å². The van der Waals surface area contributed by atoms with Gasteiger partial charge in [0.2, 0.25) is 0 Å². The zero-order valence-corrected chi connectivity index (χ0v) is 24.1. The van der Waals surface area contributed by atoms with E-state index in [0.717, 1.165) is 35.6 Å². The van der Waals surface area contributed by atoms with Crippen LogP contribution in [0.3, 0.4) is 0 Å². The molecule has 4 aromatic rings. The summed E-state index contributed by atoms with van der Waals surface area (Å²) >= 11 is 0. The first kappa shape index (κ1) is 28.9. The van der Waals surface area contributed by atoms with Crippen molar-refractivity contribution in [2.45, 2.75) is 18.9 Å². The number of pyridine rings is 1. The number of hydrogen-bond acceptors (Lipinski definition) is 6. The topological polar surface area (TPSA) is 79.0 Å². The van der Waals surface area contributed by atoms with E-state index in [-0.39, 0.29) is 17.9 Å². The number of methoxy groups -OCH3 is 2. The molecule has 218 valence electrons. The lowest BCUT2D eigenvalue weighted by atomic mass is 9.88. The Balaban J connectivity index is 1.25. The molecule has 1 aliphatic rings. The van der Waals surface area contributed by atoms with Crippen LogP contribution in [0.25, 0.3) is 0 Å². The van der Waals surface area contributed by atoms with Gasteiger partial charge in [0.1, 0.15) is 11.6 Å². The zero-order chi connectivity index (χ0) is 29.5. The Morgan fingerprint density at radius 1 is 1.02 bits per heavy atom. The summed E-state index contributed by atoms with van der Waals surface area (Å²) in [6.07, 6.45) is 3.22. The number of anilines is 3. The Labute approximate surface area is 246 Å². The van der Waals surface area contributed by atoms with Gasteiger partial charge in [0, 0.05) is 56.4 Å². The summed E-state index contributed by atoms with van der Waals surface area (Å²) in [6, 6.07) is 24.0. The number of carbonyl (C=O) groups excluding carboxylic acids is 1. The van der Waals surface area contributed by atoms with Crippen molar-refractivity contribution in [1.29, 1.82) is 0 Å². The van der Waals surface area contributed by atoms with E-state index in [1.54, 1.807) is 26.5 Å². The largest absolute Gasteiger partial charge is 0.493 e. The van der Waals surface area contributed by atoms with Gasteiger partial charge in [0.15, 0.2) is 11.5 Å². The summed E-state index contributed by atoms with van der Waals surface area (Å²) in [5.74, 6) is 1.85. The lowest BCUT2D eigenvalue weighted by molar-refractivity contribution is 0.183. The molecule has 1 aliphatic heterocycles. The van der Waals surface area contributed by atoms with Crippen molar-refractivity contribution in [2.24, 2.45) is 0 Å². The molecule has 0 bridgehead atoms. The predicted molar refractivity (Wildman–Crippen MR) is 163 cm³/mol. The molecule has 0 fully saturated rings. The van der Waals surface area contributed by atoms with E-state index in [0.29, 0.717) is 36.7 Å². The normalized spacial score (nSPS) is 14.5. The maximum absolute atomic E-state index is 13.6. The van der Waals surface area contributed by atoms with Crippen LogP contribution in [-0.4, -0.2) is 56.8 Å². The van der Waals surface area contributed by atoms with Gasteiger partial charge in [-0.15, -0.1) is 0 Å². The van der Waals surface area contributed by atoms with Crippen molar-refractivity contribution in [1.82, 2.24) is 15.2 Å². The number of ether oxygens (including phenoxy) is 2. The maximum atomic E-state index is 13.6. The van der Waals surface area contributed by atoms with Gasteiger partial charge < -0.3 is 25.0 Å². The molecule has 5 rings (SSSR count). The fourth-order valence-electron chi connectivity index (χ4n) is 5.38. The number of amides is 2. The van der Waals surface area contributed by atoms with E-state index >= 15 is 0 Å². The van der Waals surface area contributed by atoms with E-state index in [9.17, 15) is 9.18 Å². The van der Waals surface area contributed by atoms with Crippen LogP contribution in [-0.2, 0) is 12.8 Å². The summed E-state index contributed by atoms with van der Waals surface area (Å²) in [6.45, 7) is 1.92. The van der Waals surface area contributed by atoms with Crippen molar-refractivity contribution in [2.75, 3.05) is 51.1 Å². The molecule has 2 amide bonds. The molecule has 0 saturated carbocycles. The Kier molecular flexibility index (Phi) is 9.18. The lowest BCUT2D eigenvalue weighted by Gasteiger charge is -2.38. The number of para-hydroxylation sites is 1. The van der Waals surface area contributed by atoms with Crippen molar-refractivity contribution >= 4 is 23.2 Å². The Morgan fingerprint density at radius 2 is 1.76 bits per heavy atom. The minimum atomic E-state index is -0.284. The SMILES string of the molecule is COc1cc2c(cc1OC)C(Cc1ccc(F)cc1)N(CCNC(=O)Nc1ccnc(N(C)c3ccccc3)c1)CC2. The summed E-state index contributed by atoms with van der Waals surface area (Å²) < 4.78 is 24.7. The number of rotatable bonds is 10. The third-order valence-electron chi connectivity index (χ3n) is 7.63. The highest BCUT2D eigenvalue weighted by atomic mass is 19.1. The summed E-state index contributed by atoms with van der Waals surface area (Å²) in [4.78, 5) is 21.6. The quantitative estimate of drug-likeness (QED) is 0.245. The van der Waals surface area contributed by atoms with E-state index < -0.39 is 0 Å². The van der Waals surface area contributed by atoms with Crippen molar-refractivity contribution in [3.8, 4) is 11.5 Å².